The summed E-state index contributed by atoms with van der Waals surface area (Å²) < 4.78 is 49.6. The fourth-order valence-corrected chi connectivity index (χ4v) is 7.50. The van der Waals surface area contributed by atoms with E-state index in [4.69, 9.17) is 16.3 Å². The third-order valence-corrected chi connectivity index (χ3v) is 10.2. The van der Waals surface area contributed by atoms with Gasteiger partial charge in [-0.3, -0.25) is 4.98 Å². The number of benzene rings is 6. The van der Waals surface area contributed by atoms with Gasteiger partial charge in [-0.1, -0.05) is 137 Å². The van der Waals surface area contributed by atoms with E-state index in [-0.39, 0.29) is 31.2 Å². The zero-order chi connectivity index (χ0) is 43.9. The van der Waals surface area contributed by atoms with E-state index >= 15 is 0 Å². The first kappa shape index (κ1) is 34.4. The zero-order valence-electron chi connectivity index (χ0n) is 38.6. The molecule has 0 N–H and O–H groups in total. The van der Waals surface area contributed by atoms with Crippen LogP contribution in [0.1, 0.15) is 82.5 Å². The van der Waals surface area contributed by atoms with Gasteiger partial charge in [0.25, 0.3) is 0 Å². The standard InChI is InChI=1S/C28H24NO.C25H25N2.Ir/c1-18(2)14-22-15-26(29-17-19(22)3)25-11-7-10-24-23-13-12-21(16-27(23)30-28(24)25)20-8-5-4-6-9-20;1-17(2)20-13-10-14-21(18(3)4)24(20)27-23-16-9-8-15-22(23)26-25(27)19-11-6-5-7-12-19;/h4-10,12-13,15-18H,14H2,1-3H3;5-11,13-18H,1-4H3;/q2*-1;/i3D3,14D2;;. The van der Waals surface area contributed by atoms with Crippen LogP contribution in [0.25, 0.3) is 72.4 Å². The van der Waals surface area contributed by atoms with Gasteiger partial charge in [0.1, 0.15) is 5.58 Å². The second-order valence-electron chi connectivity index (χ2n) is 15.3. The van der Waals surface area contributed by atoms with Crippen LogP contribution in [0, 0.1) is 24.9 Å². The van der Waals surface area contributed by atoms with Gasteiger partial charge in [-0.25, -0.2) is 0 Å². The molecule has 3 heterocycles. The molecular formula is C53H49IrN3O-2. The average Bonchev–Trinajstić information content (AvgIpc) is 3.85. The minimum atomic E-state index is -2.48. The van der Waals surface area contributed by atoms with Crippen molar-refractivity contribution in [2.45, 2.75) is 66.6 Å². The molecule has 0 atom stereocenters. The van der Waals surface area contributed by atoms with Crippen LogP contribution >= 0.6 is 0 Å². The van der Waals surface area contributed by atoms with Gasteiger partial charge in [-0.05, 0) is 82.7 Å². The zero-order valence-corrected chi connectivity index (χ0v) is 36.0. The summed E-state index contributed by atoms with van der Waals surface area (Å²) in [7, 11) is 0. The van der Waals surface area contributed by atoms with E-state index in [1.54, 1.807) is 19.9 Å². The van der Waals surface area contributed by atoms with Gasteiger partial charge in [0.2, 0.25) is 0 Å². The van der Waals surface area contributed by atoms with Crippen molar-refractivity contribution in [3.63, 3.8) is 0 Å². The molecule has 0 aliphatic rings. The average molecular weight is 941 g/mol. The van der Waals surface area contributed by atoms with Gasteiger partial charge in [-0.2, -0.15) is 0 Å². The number of imidazole rings is 1. The van der Waals surface area contributed by atoms with Crippen molar-refractivity contribution in [2.24, 2.45) is 5.92 Å². The third-order valence-electron chi connectivity index (χ3n) is 10.2. The third kappa shape index (κ3) is 8.07. The summed E-state index contributed by atoms with van der Waals surface area (Å²) in [5.41, 5.74) is 11.6. The predicted octanol–water partition coefficient (Wildman–Crippen LogP) is 14.4. The van der Waals surface area contributed by atoms with Gasteiger partial charge in [0.05, 0.1) is 22.4 Å². The first-order valence-electron chi connectivity index (χ1n) is 22.2. The Bertz CT molecular complexity index is 3000. The van der Waals surface area contributed by atoms with Crippen molar-refractivity contribution in [3.8, 4) is 39.5 Å². The summed E-state index contributed by atoms with van der Waals surface area (Å²) in [4.78, 5) is 9.41. The number of nitrogens with zero attached hydrogens (tertiary/aromatic N) is 3. The van der Waals surface area contributed by atoms with E-state index in [1.807, 2.05) is 66.7 Å². The van der Waals surface area contributed by atoms with Crippen LogP contribution in [0.15, 0.2) is 144 Å². The fraction of sp³-hybridized carbons (Fsp3) is 0.208. The largest absolute Gasteiger partial charge is 0.501 e. The molecule has 0 fully saturated rings. The molecule has 3 aromatic heterocycles. The molecule has 58 heavy (non-hydrogen) atoms. The molecule has 9 aromatic rings. The summed E-state index contributed by atoms with van der Waals surface area (Å²) in [6.07, 6.45) is -0.589. The fourth-order valence-electron chi connectivity index (χ4n) is 7.50. The van der Waals surface area contributed by atoms with E-state index in [0.717, 1.165) is 49.9 Å². The summed E-state index contributed by atoms with van der Waals surface area (Å²) in [6, 6.07) is 51.1. The Kier molecular flexibility index (Phi) is 10.4. The van der Waals surface area contributed by atoms with E-state index < -0.39 is 19.1 Å². The summed E-state index contributed by atoms with van der Waals surface area (Å²) in [5.74, 6) is 1.37. The molecule has 0 bridgehead atoms. The van der Waals surface area contributed by atoms with E-state index in [1.165, 1.54) is 29.1 Å². The van der Waals surface area contributed by atoms with Crippen molar-refractivity contribution < 1.29 is 31.4 Å². The second kappa shape index (κ2) is 17.5. The number of aryl methyl sites for hydroxylation is 1. The molecule has 0 saturated heterocycles. The maximum Gasteiger partial charge on any atom is 0.121 e. The van der Waals surface area contributed by atoms with Crippen LogP contribution in [-0.2, 0) is 26.5 Å². The molecule has 0 saturated carbocycles. The molecule has 0 aliphatic carbocycles. The quantitative estimate of drug-likeness (QED) is 0.143. The second-order valence-corrected chi connectivity index (χ2v) is 15.3. The number of furan rings is 1. The van der Waals surface area contributed by atoms with Gasteiger partial charge in [0.15, 0.2) is 0 Å². The number of pyridine rings is 1. The Morgan fingerprint density at radius 3 is 2.17 bits per heavy atom. The molecule has 6 aromatic carbocycles. The molecule has 0 amide bonds. The number of hydrogen-bond acceptors (Lipinski definition) is 3. The molecule has 1 radical (unpaired) electrons. The summed E-state index contributed by atoms with van der Waals surface area (Å²) >= 11 is 0. The molecule has 293 valence electrons. The minimum Gasteiger partial charge on any atom is -0.501 e. The van der Waals surface area contributed by atoms with Gasteiger partial charge < -0.3 is 14.0 Å². The Morgan fingerprint density at radius 2 is 1.47 bits per heavy atom. The van der Waals surface area contributed by atoms with Gasteiger partial charge in [0, 0.05) is 44.2 Å². The molecular weight excluding hydrogens is 887 g/mol. The van der Waals surface area contributed by atoms with E-state index in [2.05, 4.69) is 104 Å². The van der Waals surface area contributed by atoms with Gasteiger partial charge in [-0.15, -0.1) is 54.1 Å². The Labute approximate surface area is 363 Å². The van der Waals surface area contributed by atoms with Crippen LogP contribution in [0.5, 0.6) is 0 Å². The van der Waals surface area contributed by atoms with Crippen LogP contribution in [0.3, 0.4) is 0 Å². The van der Waals surface area contributed by atoms with Crippen molar-refractivity contribution in [2.75, 3.05) is 0 Å². The van der Waals surface area contributed by atoms with Crippen molar-refractivity contribution in [1.29, 1.82) is 0 Å². The maximum atomic E-state index is 8.61. The monoisotopic (exact) mass is 941 g/mol. The summed E-state index contributed by atoms with van der Waals surface area (Å²) in [5, 5.41) is 1.84. The molecule has 0 unspecified atom stereocenters. The Hall–Kier alpha value is -5.61. The smallest absolute Gasteiger partial charge is 0.121 e. The van der Waals surface area contributed by atoms with Gasteiger partial charge >= 0.3 is 0 Å². The number of fused-ring (bicyclic) bond motifs is 4. The van der Waals surface area contributed by atoms with Crippen molar-refractivity contribution in [1.82, 2.24) is 14.5 Å². The van der Waals surface area contributed by atoms with Crippen LogP contribution in [-0.4, -0.2) is 14.5 Å². The van der Waals surface area contributed by atoms with Crippen LogP contribution in [0.2, 0.25) is 0 Å². The van der Waals surface area contributed by atoms with Crippen molar-refractivity contribution >= 4 is 33.0 Å². The first-order chi connectivity index (χ1) is 29.6. The summed E-state index contributed by atoms with van der Waals surface area (Å²) in [6.45, 7) is 10.0. The molecule has 5 heteroatoms. The number of aromatic nitrogens is 3. The normalized spacial score (nSPS) is 13.2. The maximum absolute atomic E-state index is 8.61. The van der Waals surface area contributed by atoms with E-state index in [9.17, 15) is 0 Å². The minimum absolute atomic E-state index is 0. The predicted molar refractivity (Wildman–Crippen MR) is 238 cm³/mol. The topological polar surface area (TPSA) is 43.9 Å². The van der Waals surface area contributed by atoms with Crippen LogP contribution < -0.4 is 0 Å². The van der Waals surface area contributed by atoms with Crippen LogP contribution in [0.4, 0.5) is 0 Å². The van der Waals surface area contributed by atoms with E-state index in [0.29, 0.717) is 28.7 Å². The number of hydrogen-bond donors (Lipinski definition) is 0. The van der Waals surface area contributed by atoms with Crippen molar-refractivity contribution in [3.05, 3.63) is 174 Å². The Morgan fingerprint density at radius 1 is 0.724 bits per heavy atom. The molecule has 0 aliphatic heterocycles. The molecule has 0 spiro atoms. The SMILES string of the molecule is CC(C)c1cccc(C(C)C)c1-n1c(-c2[c-]cccc2)nc2ccccc21.[2H]C([2H])([2H])c1cnc(-c2[c-]ccc3c2oc2cc(-c4ccccc4)ccc23)cc1C([2H])([2H])C(C)C.[Ir]. The first-order valence-corrected chi connectivity index (χ1v) is 19.7. The Balaban J connectivity index is 0.000000192. The number of rotatable bonds is 8. The molecule has 9 rings (SSSR count). The molecule has 4 nitrogen and oxygen atoms in total. The number of para-hydroxylation sites is 3.